The standard InChI is InChI=1S/C20H27N3OS/c24-20(15-21-10-13-22-11-4-5-12-22)23(17-19-9-6-14-25-19)16-18-7-2-1-3-8-18/h1-3,6-9,14,21H,4-5,10-13,15-17H2/p+2. The molecule has 0 atom stereocenters. The average Bonchev–Trinajstić information content (AvgIpc) is 3.33. The van der Waals surface area contributed by atoms with E-state index in [2.05, 4.69) is 35.0 Å². The Morgan fingerprint density at radius 1 is 1.08 bits per heavy atom. The second-order valence-corrected chi connectivity index (χ2v) is 7.84. The normalized spacial score (nSPS) is 14.7. The summed E-state index contributed by atoms with van der Waals surface area (Å²) in [7, 11) is 0. The molecule has 0 unspecified atom stereocenters. The van der Waals surface area contributed by atoms with E-state index >= 15 is 0 Å². The summed E-state index contributed by atoms with van der Waals surface area (Å²) in [5.74, 6) is 0.230. The maximum atomic E-state index is 12.8. The first-order valence-corrected chi connectivity index (χ1v) is 10.2. The Bertz CT molecular complexity index is 624. The van der Waals surface area contributed by atoms with Crippen LogP contribution in [0.2, 0.25) is 0 Å². The molecule has 0 saturated carbocycles. The van der Waals surface area contributed by atoms with Gasteiger partial charge in [0.05, 0.1) is 19.6 Å². The van der Waals surface area contributed by atoms with Crippen LogP contribution in [0.1, 0.15) is 23.3 Å². The van der Waals surface area contributed by atoms with Crippen molar-refractivity contribution < 1.29 is 15.0 Å². The molecule has 5 heteroatoms. The molecule has 2 aromatic rings. The van der Waals surface area contributed by atoms with E-state index in [9.17, 15) is 4.79 Å². The van der Waals surface area contributed by atoms with E-state index < -0.39 is 0 Å². The van der Waals surface area contributed by atoms with Gasteiger partial charge in [-0.25, -0.2) is 0 Å². The highest BCUT2D eigenvalue weighted by Crippen LogP contribution is 2.14. The second kappa shape index (κ2) is 9.70. The Balaban J connectivity index is 1.50. The molecule has 0 aliphatic carbocycles. The van der Waals surface area contributed by atoms with Crippen LogP contribution in [0.25, 0.3) is 0 Å². The zero-order valence-electron chi connectivity index (χ0n) is 14.8. The number of carbonyl (C=O) groups is 1. The van der Waals surface area contributed by atoms with Gasteiger partial charge in [-0.2, -0.15) is 0 Å². The Morgan fingerprint density at radius 3 is 2.60 bits per heavy atom. The number of hydrogen-bond donors (Lipinski definition) is 2. The smallest absolute Gasteiger partial charge is 0.278 e. The molecular weight excluding hydrogens is 330 g/mol. The molecule has 1 amide bonds. The number of rotatable bonds is 9. The maximum absolute atomic E-state index is 12.8. The van der Waals surface area contributed by atoms with Gasteiger partial charge in [0.2, 0.25) is 0 Å². The van der Waals surface area contributed by atoms with Crippen molar-refractivity contribution >= 4 is 17.2 Å². The molecule has 3 rings (SSSR count). The fraction of sp³-hybridized carbons (Fsp3) is 0.450. The van der Waals surface area contributed by atoms with Crippen molar-refractivity contribution in [3.05, 3.63) is 58.3 Å². The zero-order chi connectivity index (χ0) is 17.3. The van der Waals surface area contributed by atoms with Crippen molar-refractivity contribution in [2.45, 2.75) is 25.9 Å². The predicted molar refractivity (Wildman–Crippen MR) is 101 cm³/mol. The molecule has 0 radical (unpaired) electrons. The van der Waals surface area contributed by atoms with Crippen LogP contribution >= 0.6 is 11.3 Å². The SMILES string of the molecule is O=C(C[NH2+]CC[NH+]1CCCC1)N(Cc1ccccc1)Cc1cccs1. The Hall–Kier alpha value is -1.69. The lowest BCUT2D eigenvalue weighted by atomic mass is 10.2. The number of nitrogens with one attached hydrogen (secondary N) is 1. The van der Waals surface area contributed by atoms with Crippen molar-refractivity contribution in [2.24, 2.45) is 0 Å². The molecule has 1 fully saturated rings. The van der Waals surface area contributed by atoms with E-state index in [-0.39, 0.29) is 5.91 Å². The summed E-state index contributed by atoms with van der Waals surface area (Å²) >= 11 is 1.72. The molecule has 2 heterocycles. The third kappa shape index (κ3) is 5.96. The lowest BCUT2D eigenvalue weighted by molar-refractivity contribution is -0.900. The first-order chi connectivity index (χ1) is 12.3. The lowest BCUT2D eigenvalue weighted by Gasteiger charge is -2.21. The predicted octanol–water partition coefficient (Wildman–Crippen LogP) is 0.519. The van der Waals surface area contributed by atoms with Crippen LogP contribution in [0.5, 0.6) is 0 Å². The molecule has 1 saturated heterocycles. The summed E-state index contributed by atoms with van der Waals surface area (Å²) in [5, 5.41) is 4.26. The highest BCUT2D eigenvalue weighted by Gasteiger charge is 2.18. The van der Waals surface area contributed by atoms with Gasteiger partial charge < -0.3 is 15.1 Å². The monoisotopic (exact) mass is 359 g/mol. The van der Waals surface area contributed by atoms with Gasteiger partial charge in [-0.1, -0.05) is 36.4 Å². The number of carbonyl (C=O) groups excluding carboxylic acids is 1. The number of hydrogen-bond acceptors (Lipinski definition) is 2. The molecule has 4 nitrogen and oxygen atoms in total. The van der Waals surface area contributed by atoms with Crippen LogP contribution in [0.3, 0.4) is 0 Å². The Kier molecular flexibility index (Phi) is 7.03. The van der Waals surface area contributed by atoms with Gasteiger partial charge in [-0.05, 0) is 17.0 Å². The zero-order valence-corrected chi connectivity index (χ0v) is 15.6. The molecule has 0 bridgehead atoms. The third-order valence-electron chi connectivity index (χ3n) is 4.83. The van der Waals surface area contributed by atoms with E-state index in [1.807, 2.05) is 23.1 Å². The number of likely N-dealkylation sites (tertiary alicyclic amines) is 1. The van der Waals surface area contributed by atoms with Gasteiger partial charge in [0.25, 0.3) is 5.91 Å². The minimum Gasteiger partial charge on any atom is -0.334 e. The fourth-order valence-corrected chi connectivity index (χ4v) is 4.13. The first kappa shape index (κ1) is 18.1. The summed E-state index contributed by atoms with van der Waals surface area (Å²) in [6.45, 7) is 6.77. The van der Waals surface area contributed by atoms with Gasteiger partial charge in [0.15, 0.2) is 6.54 Å². The van der Waals surface area contributed by atoms with Crippen molar-refractivity contribution in [3.8, 4) is 0 Å². The summed E-state index contributed by atoms with van der Waals surface area (Å²) in [6, 6.07) is 14.4. The number of thiophene rings is 1. The lowest BCUT2D eigenvalue weighted by Crippen LogP contribution is -3.13. The fourth-order valence-electron chi connectivity index (χ4n) is 3.41. The van der Waals surface area contributed by atoms with E-state index in [0.717, 1.165) is 6.54 Å². The van der Waals surface area contributed by atoms with E-state index in [0.29, 0.717) is 19.6 Å². The summed E-state index contributed by atoms with van der Waals surface area (Å²) in [5.41, 5.74) is 1.19. The van der Waals surface area contributed by atoms with E-state index in [1.165, 1.54) is 42.9 Å². The molecule has 1 aromatic carbocycles. The summed E-state index contributed by atoms with van der Waals surface area (Å²) in [6.07, 6.45) is 2.72. The Morgan fingerprint density at radius 2 is 1.88 bits per heavy atom. The summed E-state index contributed by atoms with van der Waals surface area (Å²) in [4.78, 5) is 17.7. The summed E-state index contributed by atoms with van der Waals surface area (Å²) < 4.78 is 0. The van der Waals surface area contributed by atoms with Crippen LogP contribution in [-0.2, 0) is 17.9 Å². The van der Waals surface area contributed by atoms with Gasteiger partial charge >= 0.3 is 0 Å². The average molecular weight is 360 g/mol. The second-order valence-electron chi connectivity index (χ2n) is 6.80. The minimum atomic E-state index is 0.230. The molecule has 25 heavy (non-hydrogen) atoms. The maximum Gasteiger partial charge on any atom is 0.278 e. The molecule has 0 spiro atoms. The van der Waals surface area contributed by atoms with Crippen LogP contribution < -0.4 is 10.2 Å². The van der Waals surface area contributed by atoms with E-state index in [4.69, 9.17) is 0 Å². The van der Waals surface area contributed by atoms with Crippen LogP contribution in [-0.4, -0.2) is 43.5 Å². The van der Waals surface area contributed by atoms with Crippen LogP contribution in [0, 0.1) is 0 Å². The highest BCUT2D eigenvalue weighted by molar-refractivity contribution is 7.09. The quantitative estimate of drug-likeness (QED) is 0.630. The molecule has 1 aromatic heterocycles. The van der Waals surface area contributed by atoms with Crippen LogP contribution in [0.4, 0.5) is 0 Å². The number of amides is 1. The number of nitrogens with zero attached hydrogens (tertiary/aromatic N) is 1. The molecular formula is C20H29N3OS+2. The van der Waals surface area contributed by atoms with Crippen LogP contribution in [0.15, 0.2) is 47.8 Å². The van der Waals surface area contributed by atoms with Crippen molar-refractivity contribution in [2.75, 3.05) is 32.7 Å². The van der Waals surface area contributed by atoms with Gasteiger partial charge in [-0.3, -0.25) is 4.79 Å². The van der Waals surface area contributed by atoms with Gasteiger partial charge in [-0.15, -0.1) is 11.3 Å². The van der Waals surface area contributed by atoms with Crippen molar-refractivity contribution in [1.82, 2.24) is 4.90 Å². The first-order valence-electron chi connectivity index (χ1n) is 9.30. The van der Waals surface area contributed by atoms with Gasteiger partial charge in [0, 0.05) is 24.3 Å². The topological polar surface area (TPSA) is 41.4 Å². The van der Waals surface area contributed by atoms with Gasteiger partial charge in [0.1, 0.15) is 13.1 Å². The largest absolute Gasteiger partial charge is 0.334 e. The number of quaternary nitrogens is 2. The molecule has 1 aliphatic heterocycles. The minimum absolute atomic E-state index is 0.230. The number of benzene rings is 1. The van der Waals surface area contributed by atoms with Crippen molar-refractivity contribution in [3.63, 3.8) is 0 Å². The number of nitrogens with two attached hydrogens (primary N) is 1. The third-order valence-corrected chi connectivity index (χ3v) is 5.69. The molecule has 134 valence electrons. The molecule has 1 aliphatic rings. The highest BCUT2D eigenvalue weighted by atomic mass is 32.1. The Labute approximate surface area is 154 Å². The molecule has 3 N–H and O–H groups in total. The van der Waals surface area contributed by atoms with E-state index in [1.54, 1.807) is 16.2 Å². The van der Waals surface area contributed by atoms with Crippen molar-refractivity contribution in [1.29, 1.82) is 0 Å².